The molecule has 1 atom stereocenters. The molecule has 148 valence electrons. The minimum absolute atomic E-state index is 0.0840. The number of aromatic nitrogens is 1. The largest absolute Gasteiger partial charge is 0.356 e. The molecule has 1 aromatic rings. The van der Waals surface area contributed by atoms with Crippen LogP contribution in [0.5, 0.6) is 0 Å². The van der Waals surface area contributed by atoms with Gasteiger partial charge in [0.15, 0.2) is 0 Å². The van der Waals surface area contributed by atoms with E-state index in [2.05, 4.69) is 16.9 Å². The SMILES string of the molecule is C=CC(=O)NC1CCCCN(S(=O)(=O)c2c[nH]c(C(=O)N3CCCC3)c2)C1. The first kappa shape index (κ1) is 19.6. The third kappa shape index (κ3) is 4.41. The van der Waals surface area contributed by atoms with Crippen LogP contribution in [0.2, 0.25) is 0 Å². The third-order valence-electron chi connectivity index (χ3n) is 5.08. The Morgan fingerprint density at radius 2 is 1.89 bits per heavy atom. The van der Waals surface area contributed by atoms with Crippen molar-refractivity contribution in [2.75, 3.05) is 26.2 Å². The first-order chi connectivity index (χ1) is 12.9. The van der Waals surface area contributed by atoms with Crippen LogP contribution in [0.4, 0.5) is 0 Å². The zero-order valence-electron chi connectivity index (χ0n) is 15.3. The van der Waals surface area contributed by atoms with E-state index in [1.165, 1.54) is 22.6 Å². The van der Waals surface area contributed by atoms with Gasteiger partial charge in [-0.05, 0) is 37.8 Å². The molecule has 2 aliphatic heterocycles. The molecule has 8 nitrogen and oxygen atoms in total. The highest BCUT2D eigenvalue weighted by molar-refractivity contribution is 7.89. The summed E-state index contributed by atoms with van der Waals surface area (Å²) >= 11 is 0. The topological polar surface area (TPSA) is 103 Å². The summed E-state index contributed by atoms with van der Waals surface area (Å²) in [6, 6.07) is 1.16. The molecule has 2 amide bonds. The maximum absolute atomic E-state index is 13.0. The molecule has 0 radical (unpaired) electrons. The molecular weight excluding hydrogens is 368 g/mol. The fraction of sp³-hybridized carbons (Fsp3) is 0.556. The number of carbonyl (C=O) groups excluding carboxylic acids is 2. The molecule has 0 spiro atoms. The van der Waals surface area contributed by atoms with Gasteiger partial charge in [-0.2, -0.15) is 4.31 Å². The quantitative estimate of drug-likeness (QED) is 0.730. The number of rotatable bonds is 5. The fourth-order valence-electron chi connectivity index (χ4n) is 3.59. The normalized spacial score (nSPS) is 21.6. The van der Waals surface area contributed by atoms with Gasteiger partial charge in [0, 0.05) is 38.4 Å². The van der Waals surface area contributed by atoms with Gasteiger partial charge in [-0.3, -0.25) is 9.59 Å². The molecule has 0 bridgehead atoms. The predicted molar refractivity (Wildman–Crippen MR) is 101 cm³/mol. The molecule has 3 heterocycles. The molecule has 0 saturated carbocycles. The Kier molecular flexibility index (Phi) is 6.01. The lowest BCUT2D eigenvalue weighted by atomic mass is 10.1. The zero-order chi connectivity index (χ0) is 19.4. The van der Waals surface area contributed by atoms with E-state index in [1.807, 2.05) is 0 Å². The lowest BCUT2D eigenvalue weighted by Crippen LogP contribution is -2.44. The number of hydrogen-bond donors (Lipinski definition) is 2. The molecule has 0 aromatic carbocycles. The van der Waals surface area contributed by atoms with Crippen LogP contribution < -0.4 is 5.32 Å². The summed E-state index contributed by atoms with van der Waals surface area (Å²) in [5, 5.41) is 2.79. The summed E-state index contributed by atoms with van der Waals surface area (Å²) in [7, 11) is -3.74. The number of carbonyl (C=O) groups is 2. The number of amides is 2. The Labute approximate surface area is 159 Å². The van der Waals surface area contributed by atoms with E-state index < -0.39 is 10.0 Å². The Morgan fingerprint density at radius 1 is 1.19 bits per heavy atom. The number of H-pyrrole nitrogens is 1. The average Bonchev–Trinajstić information content (AvgIpc) is 3.31. The van der Waals surface area contributed by atoms with Gasteiger partial charge in [-0.1, -0.05) is 13.0 Å². The zero-order valence-corrected chi connectivity index (χ0v) is 16.1. The van der Waals surface area contributed by atoms with Gasteiger partial charge >= 0.3 is 0 Å². The molecule has 2 N–H and O–H groups in total. The van der Waals surface area contributed by atoms with Crippen LogP contribution in [0.25, 0.3) is 0 Å². The van der Waals surface area contributed by atoms with Crippen LogP contribution in [-0.4, -0.2) is 66.6 Å². The number of nitrogens with one attached hydrogen (secondary N) is 2. The third-order valence-corrected chi connectivity index (χ3v) is 6.93. The van der Waals surface area contributed by atoms with Gasteiger partial charge in [0.2, 0.25) is 15.9 Å². The standard InChI is InChI=1S/C18H26N4O4S/c1-2-17(23)20-14-7-3-4-10-22(13-14)27(25,26)15-11-16(19-12-15)18(24)21-8-5-6-9-21/h2,11-12,14,19H,1,3-10,13H2,(H,20,23). The first-order valence-electron chi connectivity index (χ1n) is 9.32. The lowest BCUT2D eigenvalue weighted by Gasteiger charge is -2.23. The van der Waals surface area contributed by atoms with Crippen molar-refractivity contribution < 1.29 is 18.0 Å². The van der Waals surface area contributed by atoms with Crippen LogP contribution >= 0.6 is 0 Å². The summed E-state index contributed by atoms with van der Waals surface area (Å²) in [4.78, 5) is 28.7. The van der Waals surface area contributed by atoms with Crippen molar-refractivity contribution in [1.82, 2.24) is 19.5 Å². The van der Waals surface area contributed by atoms with E-state index in [0.29, 0.717) is 25.3 Å². The second kappa shape index (κ2) is 8.26. The summed E-state index contributed by atoms with van der Waals surface area (Å²) in [5.41, 5.74) is 0.293. The summed E-state index contributed by atoms with van der Waals surface area (Å²) in [5.74, 6) is -0.472. The van der Waals surface area contributed by atoms with E-state index in [-0.39, 0.29) is 29.3 Å². The van der Waals surface area contributed by atoms with Crippen molar-refractivity contribution in [2.45, 2.75) is 43.0 Å². The number of sulfonamides is 1. The minimum atomic E-state index is -3.74. The summed E-state index contributed by atoms with van der Waals surface area (Å²) in [6.07, 6.45) is 6.79. The smallest absolute Gasteiger partial charge is 0.270 e. The Morgan fingerprint density at radius 3 is 2.59 bits per heavy atom. The van der Waals surface area contributed by atoms with Crippen molar-refractivity contribution in [1.29, 1.82) is 0 Å². The van der Waals surface area contributed by atoms with Gasteiger partial charge in [-0.15, -0.1) is 0 Å². The van der Waals surface area contributed by atoms with Crippen LogP contribution in [0, 0.1) is 0 Å². The molecular formula is C18H26N4O4S. The van der Waals surface area contributed by atoms with Gasteiger partial charge in [0.05, 0.1) is 0 Å². The van der Waals surface area contributed by atoms with Crippen molar-refractivity contribution in [3.05, 3.63) is 30.6 Å². The molecule has 1 aromatic heterocycles. The van der Waals surface area contributed by atoms with Crippen LogP contribution in [-0.2, 0) is 14.8 Å². The summed E-state index contributed by atoms with van der Waals surface area (Å²) < 4.78 is 27.5. The van der Waals surface area contributed by atoms with Crippen molar-refractivity contribution in [3.8, 4) is 0 Å². The fourth-order valence-corrected chi connectivity index (χ4v) is 5.11. The molecule has 2 saturated heterocycles. The number of hydrogen-bond acceptors (Lipinski definition) is 4. The average molecular weight is 394 g/mol. The van der Waals surface area contributed by atoms with E-state index in [4.69, 9.17) is 0 Å². The molecule has 0 aliphatic carbocycles. The highest BCUT2D eigenvalue weighted by Gasteiger charge is 2.31. The molecule has 2 fully saturated rings. The van der Waals surface area contributed by atoms with E-state index in [1.54, 1.807) is 4.90 Å². The van der Waals surface area contributed by atoms with Crippen molar-refractivity contribution in [2.24, 2.45) is 0 Å². The number of likely N-dealkylation sites (tertiary alicyclic amines) is 1. The Bertz CT molecular complexity index is 811. The second-order valence-corrected chi connectivity index (χ2v) is 8.95. The predicted octanol–water partition coefficient (Wildman–Crippen LogP) is 1.10. The Balaban J connectivity index is 1.75. The summed E-state index contributed by atoms with van der Waals surface area (Å²) in [6.45, 7) is 5.45. The maximum atomic E-state index is 13.0. The van der Waals surface area contributed by atoms with Gasteiger partial charge in [-0.25, -0.2) is 8.42 Å². The van der Waals surface area contributed by atoms with Gasteiger partial charge < -0.3 is 15.2 Å². The second-order valence-electron chi connectivity index (χ2n) is 7.02. The molecule has 3 rings (SSSR count). The van der Waals surface area contributed by atoms with Crippen LogP contribution in [0.15, 0.2) is 29.8 Å². The van der Waals surface area contributed by atoms with Crippen LogP contribution in [0.3, 0.4) is 0 Å². The van der Waals surface area contributed by atoms with Crippen molar-refractivity contribution >= 4 is 21.8 Å². The molecule has 2 aliphatic rings. The highest BCUT2D eigenvalue weighted by atomic mass is 32.2. The minimum Gasteiger partial charge on any atom is -0.356 e. The molecule has 9 heteroatoms. The highest BCUT2D eigenvalue weighted by Crippen LogP contribution is 2.22. The monoisotopic (exact) mass is 394 g/mol. The Hall–Kier alpha value is -2.13. The van der Waals surface area contributed by atoms with Gasteiger partial charge in [0.1, 0.15) is 10.6 Å². The van der Waals surface area contributed by atoms with E-state index in [9.17, 15) is 18.0 Å². The number of nitrogens with zero attached hydrogens (tertiary/aromatic N) is 2. The van der Waals surface area contributed by atoms with Crippen LogP contribution in [0.1, 0.15) is 42.6 Å². The maximum Gasteiger partial charge on any atom is 0.270 e. The van der Waals surface area contributed by atoms with Crippen molar-refractivity contribution in [3.63, 3.8) is 0 Å². The van der Waals surface area contributed by atoms with Gasteiger partial charge in [0.25, 0.3) is 5.91 Å². The molecule has 1 unspecified atom stereocenters. The number of aromatic amines is 1. The lowest BCUT2D eigenvalue weighted by molar-refractivity contribution is -0.117. The first-order valence-corrected chi connectivity index (χ1v) is 10.8. The van der Waals surface area contributed by atoms with E-state index >= 15 is 0 Å². The molecule has 27 heavy (non-hydrogen) atoms. The van der Waals surface area contributed by atoms with E-state index in [0.717, 1.165) is 32.1 Å².